The van der Waals surface area contributed by atoms with Crippen molar-refractivity contribution in [1.29, 1.82) is 0 Å². The first kappa shape index (κ1) is 16.4. The number of hydrogen-bond donors (Lipinski definition) is 2. The van der Waals surface area contributed by atoms with Crippen LogP contribution in [-0.4, -0.2) is 47.1 Å². The van der Waals surface area contributed by atoms with Crippen LogP contribution in [-0.2, 0) is 16.0 Å². The van der Waals surface area contributed by atoms with Gasteiger partial charge in [0, 0.05) is 12.1 Å². The summed E-state index contributed by atoms with van der Waals surface area (Å²) in [5.74, 6) is -1.31. The predicted molar refractivity (Wildman–Crippen MR) is 79.9 cm³/mol. The van der Waals surface area contributed by atoms with Crippen LogP contribution < -0.4 is 5.32 Å². The molecule has 0 spiro atoms. The van der Waals surface area contributed by atoms with Crippen molar-refractivity contribution >= 4 is 11.9 Å². The highest BCUT2D eigenvalue weighted by Crippen LogP contribution is 2.25. The predicted octanol–water partition coefficient (Wildman–Crippen LogP) is 1.42. The van der Waals surface area contributed by atoms with Crippen LogP contribution in [0.15, 0.2) is 24.3 Å². The van der Waals surface area contributed by atoms with Gasteiger partial charge in [-0.2, -0.15) is 0 Å². The minimum absolute atomic E-state index is 0.0329. The van der Waals surface area contributed by atoms with E-state index in [1.165, 1.54) is 12.1 Å². The van der Waals surface area contributed by atoms with E-state index >= 15 is 0 Å². The first-order valence-corrected chi connectivity index (χ1v) is 7.47. The molecule has 1 aromatic rings. The van der Waals surface area contributed by atoms with Crippen LogP contribution >= 0.6 is 0 Å². The van der Waals surface area contributed by atoms with Crippen LogP contribution in [0.2, 0.25) is 0 Å². The lowest BCUT2D eigenvalue weighted by atomic mass is 9.85. The number of carbonyl (C=O) groups excluding carboxylic acids is 1. The van der Waals surface area contributed by atoms with Crippen LogP contribution in [0.1, 0.15) is 25.3 Å². The molecule has 0 heterocycles. The van der Waals surface area contributed by atoms with E-state index in [0.717, 1.165) is 12.8 Å². The monoisotopic (exact) mass is 308 g/mol. The van der Waals surface area contributed by atoms with Gasteiger partial charge in [-0.05, 0) is 37.1 Å². The maximum Gasteiger partial charge on any atom is 0.317 e. The number of amides is 1. The number of carboxylic acid groups (broad SMARTS) is 1. The molecule has 1 aliphatic rings. The van der Waals surface area contributed by atoms with Crippen molar-refractivity contribution in [2.45, 2.75) is 38.3 Å². The number of halogens is 1. The fraction of sp³-hybridized carbons (Fsp3) is 0.500. The van der Waals surface area contributed by atoms with E-state index in [4.69, 9.17) is 5.11 Å². The Morgan fingerprint density at radius 3 is 2.73 bits per heavy atom. The molecule has 22 heavy (non-hydrogen) atoms. The van der Waals surface area contributed by atoms with Gasteiger partial charge in [-0.3, -0.25) is 14.5 Å². The largest absolute Gasteiger partial charge is 0.480 e. The molecule has 1 fully saturated rings. The SMILES string of the molecule is CCN(CC(=O)O)C1CC(NC(=O)Cc2cccc(F)c2)C1. The maximum absolute atomic E-state index is 13.1. The van der Waals surface area contributed by atoms with E-state index < -0.39 is 5.97 Å². The third-order valence-electron chi connectivity index (χ3n) is 3.99. The van der Waals surface area contributed by atoms with Gasteiger partial charge in [0.15, 0.2) is 0 Å². The van der Waals surface area contributed by atoms with Crippen molar-refractivity contribution < 1.29 is 19.1 Å². The Labute approximate surface area is 129 Å². The van der Waals surface area contributed by atoms with Gasteiger partial charge >= 0.3 is 5.97 Å². The Morgan fingerprint density at radius 1 is 1.41 bits per heavy atom. The standard InChI is InChI=1S/C16H21FN2O3/c1-2-19(10-16(21)22)14-8-13(9-14)18-15(20)7-11-4-3-5-12(17)6-11/h3-6,13-14H,2,7-10H2,1H3,(H,18,20)(H,21,22). The zero-order valence-electron chi connectivity index (χ0n) is 12.6. The number of nitrogens with one attached hydrogen (secondary N) is 1. The van der Waals surface area contributed by atoms with Gasteiger partial charge in [-0.15, -0.1) is 0 Å². The van der Waals surface area contributed by atoms with Gasteiger partial charge in [-0.1, -0.05) is 19.1 Å². The van der Waals surface area contributed by atoms with E-state index in [1.54, 1.807) is 12.1 Å². The van der Waals surface area contributed by atoms with E-state index in [1.807, 2.05) is 11.8 Å². The van der Waals surface area contributed by atoms with Crippen molar-refractivity contribution in [2.24, 2.45) is 0 Å². The van der Waals surface area contributed by atoms with Crippen LogP contribution in [0.5, 0.6) is 0 Å². The van der Waals surface area contributed by atoms with Crippen LogP contribution in [0.3, 0.4) is 0 Å². The molecule has 0 unspecified atom stereocenters. The first-order chi connectivity index (χ1) is 10.5. The van der Waals surface area contributed by atoms with Crippen molar-refractivity contribution in [3.63, 3.8) is 0 Å². The first-order valence-electron chi connectivity index (χ1n) is 7.47. The molecule has 0 aliphatic heterocycles. The molecule has 1 aromatic carbocycles. The molecule has 0 radical (unpaired) electrons. The molecule has 0 atom stereocenters. The Balaban J connectivity index is 1.75. The molecule has 5 nitrogen and oxygen atoms in total. The van der Waals surface area contributed by atoms with Gasteiger partial charge in [0.2, 0.25) is 5.91 Å². The molecule has 1 amide bonds. The summed E-state index contributed by atoms with van der Waals surface area (Å²) in [5, 5.41) is 11.8. The molecule has 2 rings (SSSR count). The van der Waals surface area contributed by atoms with Crippen molar-refractivity contribution in [3.8, 4) is 0 Å². The minimum atomic E-state index is -0.833. The summed E-state index contributed by atoms with van der Waals surface area (Å²) in [6.07, 6.45) is 1.68. The third kappa shape index (κ3) is 4.53. The number of carboxylic acids is 1. The summed E-state index contributed by atoms with van der Waals surface area (Å²) >= 11 is 0. The molecule has 6 heteroatoms. The Hall–Kier alpha value is -1.95. The van der Waals surface area contributed by atoms with E-state index in [2.05, 4.69) is 5.32 Å². The second-order valence-corrected chi connectivity index (χ2v) is 5.65. The summed E-state index contributed by atoms with van der Waals surface area (Å²) < 4.78 is 13.1. The molecular weight excluding hydrogens is 287 g/mol. The zero-order valence-corrected chi connectivity index (χ0v) is 12.6. The molecule has 0 saturated heterocycles. The highest BCUT2D eigenvalue weighted by atomic mass is 19.1. The van der Waals surface area contributed by atoms with Gasteiger partial charge < -0.3 is 10.4 Å². The topological polar surface area (TPSA) is 69.6 Å². The summed E-state index contributed by atoms with van der Waals surface area (Å²) in [7, 11) is 0. The highest BCUT2D eigenvalue weighted by Gasteiger charge is 2.34. The van der Waals surface area contributed by atoms with Gasteiger partial charge in [0.05, 0.1) is 13.0 Å². The lowest BCUT2D eigenvalue weighted by Crippen LogP contribution is -2.55. The number of rotatable bonds is 7. The highest BCUT2D eigenvalue weighted by molar-refractivity contribution is 5.79. The molecule has 2 N–H and O–H groups in total. The molecule has 1 aliphatic carbocycles. The number of carbonyl (C=O) groups is 2. The molecule has 0 aromatic heterocycles. The zero-order chi connectivity index (χ0) is 16.1. The quantitative estimate of drug-likeness (QED) is 0.799. The van der Waals surface area contributed by atoms with Crippen molar-refractivity contribution in [1.82, 2.24) is 10.2 Å². The number of hydrogen-bond acceptors (Lipinski definition) is 3. The van der Waals surface area contributed by atoms with Crippen molar-refractivity contribution in [2.75, 3.05) is 13.1 Å². The lowest BCUT2D eigenvalue weighted by Gasteiger charge is -2.42. The van der Waals surface area contributed by atoms with Crippen LogP contribution in [0, 0.1) is 5.82 Å². The maximum atomic E-state index is 13.1. The molecule has 0 bridgehead atoms. The smallest absolute Gasteiger partial charge is 0.317 e. The summed E-state index contributed by atoms with van der Waals surface area (Å²) in [6, 6.07) is 6.30. The fourth-order valence-electron chi connectivity index (χ4n) is 2.79. The van der Waals surface area contributed by atoms with Gasteiger partial charge in [-0.25, -0.2) is 4.39 Å². The minimum Gasteiger partial charge on any atom is -0.480 e. The second-order valence-electron chi connectivity index (χ2n) is 5.65. The Bertz CT molecular complexity index is 544. The third-order valence-corrected chi connectivity index (χ3v) is 3.99. The Kier molecular flexibility index (Phi) is 5.49. The summed E-state index contributed by atoms with van der Waals surface area (Å²) in [5.41, 5.74) is 0.648. The lowest BCUT2D eigenvalue weighted by molar-refractivity contribution is -0.139. The number of likely N-dealkylation sites (N-methyl/N-ethyl adjacent to an activating group) is 1. The number of nitrogens with zero attached hydrogens (tertiary/aromatic N) is 1. The molecular formula is C16H21FN2O3. The van der Waals surface area contributed by atoms with Crippen LogP contribution in [0.25, 0.3) is 0 Å². The fourth-order valence-corrected chi connectivity index (χ4v) is 2.79. The molecule has 120 valence electrons. The average Bonchev–Trinajstić information content (AvgIpc) is 2.40. The van der Waals surface area contributed by atoms with E-state index in [9.17, 15) is 14.0 Å². The summed E-state index contributed by atoms with van der Waals surface area (Å²) in [6.45, 7) is 2.64. The van der Waals surface area contributed by atoms with E-state index in [0.29, 0.717) is 12.1 Å². The molecule has 1 saturated carbocycles. The van der Waals surface area contributed by atoms with Gasteiger partial charge in [0.25, 0.3) is 0 Å². The van der Waals surface area contributed by atoms with E-state index in [-0.39, 0.29) is 36.8 Å². The summed E-state index contributed by atoms with van der Waals surface area (Å²) in [4.78, 5) is 24.6. The van der Waals surface area contributed by atoms with Crippen LogP contribution in [0.4, 0.5) is 4.39 Å². The number of aliphatic carboxylic acids is 1. The normalized spacial score (nSPS) is 20.5. The average molecular weight is 308 g/mol. The Morgan fingerprint density at radius 2 is 2.14 bits per heavy atom. The van der Waals surface area contributed by atoms with Gasteiger partial charge in [0.1, 0.15) is 5.82 Å². The number of benzene rings is 1. The second kappa shape index (κ2) is 7.35. The van der Waals surface area contributed by atoms with Crippen molar-refractivity contribution in [3.05, 3.63) is 35.6 Å².